The van der Waals surface area contributed by atoms with Crippen molar-refractivity contribution in [1.29, 1.82) is 0 Å². The van der Waals surface area contributed by atoms with E-state index in [1.165, 1.54) is 6.33 Å². The van der Waals surface area contributed by atoms with Crippen molar-refractivity contribution in [3.63, 3.8) is 0 Å². The minimum absolute atomic E-state index is 0.635. The number of aromatic amines is 1. The van der Waals surface area contributed by atoms with E-state index < -0.39 is 0 Å². The van der Waals surface area contributed by atoms with Crippen LogP contribution in [0.25, 0.3) is 22.6 Å². The fraction of sp³-hybridized carbons (Fsp3) is 0.133. The van der Waals surface area contributed by atoms with Gasteiger partial charge in [-0.25, -0.2) is 15.0 Å². The number of hydrogen-bond donors (Lipinski definition) is 2. The van der Waals surface area contributed by atoms with Crippen molar-refractivity contribution in [3.05, 3.63) is 43.4 Å². The first-order valence-electron chi connectivity index (χ1n) is 6.50. The van der Waals surface area contributed by atoms with Crippen LogP contribution in [-0.4, -0.2) is 33.6 Å². The Bertz CT molecular complexity index is 748. The van der Waals surface area contributed by atoms with E-state index in [1.54, 1.807) is 19.4 Å². The Labute approximate surface area is 121 Å². The second kappa shape index (κ2) is 5.62. The highest BCUT2D eigenvalue weighted by Crippen LogP contribution is 2.31. The van der Waals surface area contributed by atoms with Crippen LogP contribution in [-0.2, 0) is 0 Å². The van der Waals surface area contributed by atoms with Crippen LogP contribution in [0.5, 0.6) is 5.75 Å². The monoisotopic (exact) mass is 281 g/mol. The number of ether oxygens (including phenoxy) is 1. The van der Waals surface area contributed by atoms with Crippen LogP contribution in [0.4, 0.5) is 5.69 Å². The topological polar surface area (TPSA) is 75.7 Å². The van der Waals surface area contributed by atoms with E-state index in [4.69, 9.17) is 4.74 Å². The first-order valence-corrected chi connectivity index (χ1v) is 6.50. The number of aromatic nitrogens is 4. The molecule has 2 N–H and O–H groups in total. The van der Waals surface area contributed by atoms with Crippen LogP contribution in [0.1, 0.15) is 0 Å². The van der Waals surface area contributed by atoms with Gasteiger partial charge in [-0.05, 0) is 12.1 Å². The number of nitrogens with one attached hydrogen (secondary N) is 2. The number of nitrogens with zero attached hydrogens (tertiary/aromatic N) is 3. The molecule has 6 nitrogen and oxygen atoms in total. The highest BCUT2D eigenvalue weighted by Gasteiger charge is 2.11. The number of rotatable bonds is 5. The Morgan fingerprint density at radius 3 is 3.10 bits per heavy atom. The van der Waals surface area contributed by atoms with Gasteiger partial charge in [-0.1, -0.05) is 6.08 Å². The van der Waals surface area contributed by atoms with Gasteiger partial charge in [-0.2, -0.15) is 0 Å². The van der Waals surface area contributed by atoms with Crippen LogP contribution < -0.4 is 10.1 Å². The second-order valence-electron chi connectivity index (χ2n) is 4.43. The lowest BCUT2D eigenvalue weighted by molar-refractivity contribution is 0.416. The maximum Gasteiger partial charge on any atom is 0.181 e. The molecule has 3 rings (SSSR count). The van der Waals surface area contributed by atoms with Crippen LogP contribution >= 0.6 is 0 Å². The minimum Gasteiger partial charge on any atom is -0.496 e. The Morgan fingerprint density at radius 2 is 2.33 bits per heavy atom. The summed E-state index contributed by atoms with van der Waals surface area (Å²) in [6, 6.07) is 5.85. The number of anilines is 1. The number of benzene rings is 1. The van der Waals surface area contributed by atoms with Crippen molar-refractivity contribution < 1.29 is 4.74 Å². The molecule has 0 bridgehead atoms. The fourth-order valence-corrected chi connectivity index (χ4v) is 2.08. The molecule has 0 saturated carbocycles. The summed E-state index contributed by atoms with van der Waals surface area (Å²) in [6.07, 6.45) is 4.98. The highest BCUT2D eigenvalue weighted by molar-refractivity contribution is 5.78. The molecule has 0 fully saturated rings. The van der Waals surface area contributed by atoms with Gasteiger partial charge in [-0.15, -0.1) is 6.58 Å². The van der Waals surface area contributed by atoms with E-state index in [0.717, 1.165) is 22.5 Å². The number of imidazole rings is 1. The average Bonchev–Trinajstić information content (AvgIpc) is 2.96. The van der Waals surface area contributed by atoms with Gasteiger partial charge in [-0.3, -0.25) is 0 Å². The predicted molar refractivity (Wildman–Crippen MR) is 82.4 cm³/mol. The maximum absolute atomic E-state index is 5.45. The first-order chi connectivity index (χ1) is 10.3. The Morgan fingerprint density at radius 1 is 1.43 bits per heavy atom. The van der Waals surface area contributed by atoms with Gasteiger partial charge in [0, 0.05) is 18.3 Å². The smallest absolute Gasteiger partial charge is 0.181 e. The summed E-state index contributed by atoms with van der Waals surface area (Å²) in [5, 5.41) is 3.22. The third-order valence-electron chi connectivity index (χ3n) is 3.07. The summed E-state index contributed by atoms with van der Waals surface area (Å²) in [6.45, 7) is 4.38. The van der Waals surface area contributed by atoms with Crippen molar-refractivity contribution in [2.24, 2.45) is 0 Å². The maximum atomic E-state index is 5.45. The molecule has 6 heteroatoms. The molecule has 0 radical (unpaired) electrons. The minimum atomic E-state index is 0.635. The van der Waals surface area contributed by atoms with Gasteiger partial charge in [0.15, 0.2) is 5.65 Å². The molecule has 0 amide bonds. The number of fused-ring (bicyclic) bond motifs is 1. The van der Waals surface area contributed by atoms with Crippen LogP contribution in [0.3, 0.4) is 0 Å². The van der Waals surface area contributed by atoms with Crippen LogP contribution in [0, 0.1) is 0 Å². The molecule has 0 unspecified atom stereocenters. The molecule has 0 atom stereocenters. The lowest BCUT2D eigenvalue weighted by Gasteiger charge is -2.09. The summed E-state index contributed by atoms with van der Waals surface area (Å²) >= 11 is 0. The number of methoxy groups -OCH3 is 1. The van der Waals surface area contributed by atoms with E-state index in [2.05, 4.69) is 31.8 Å². The zero-order valence-electron chi connectivity index (χ0n) is 11.6. The lowest BCUT2D eigenvalue weighted by atomic mass is 10.1. The molecule has 0 aliphatic carbocycles. The summed E-state index contributed by atoms with van der Waals surface area (Å²) < 4.78 is 5.45. The van der Waals surface area contributed by atoms with E-state index in [0.29, 0.717) is 18.0 Å². The first kappa shape index (κ1) is 13.1. The molecule has 21 heavy (non-hydrogen) atoms. The van der Waals surface area contributed by atoms with Gasteiger partial charge in [0.2, 0.25) is 0 Å². The Balaban J connectivity index is 2.02. The molecule has 2 aromatic heterocycles. The largest absolute Gasteiger partial charge is 0.496 e. The molecule has 2 heterocycles. The average molecular weight is 281 g/mol. The predicted octanol–water partition coefficient (Wildman–Crippen LogP) is 2.63. The quantitative estimate of drug-likeness (QED) is 0.703. The molecule has 0 aliphatic heterocycles. The number of H-pyrrole nitrogens is 1. The van der Waals surface area contributed by atoms with Crippen molar-refractivity contribution in [2.45, 2.75) is 0 Å². The molecule has 3 aromatic rings. The molecule has 0 saturated heterocycles. The third kappa shape index (κ3) is 2.55. The van der Waals surface area contributed by atoms with Crippen molar-refractivity contribution in [3.8, 4) is 17.1 Å². The number of hydrogen-bond acceptors (Lipinski definition) is 5. The van der Waals surface area contributed by atoms with Gasteiger partial charge >= 0.3 is 0 Å². The Kier molecular flexibility index (Phi) is 3.51. The zero-order chi connectivity index (χ0) is 14.7. The van der Waals surface area contributed by atoms with Gasteiger partial charge in [0.1, 0.15) is 23.4 Å². The summed E-state index contributed by atoms with van der Waals surface area (Å²) in [5.41, 5.74) is 3.27. The van der Waals surface area contributed by atoms with Gasteiger partial charge < -0.3 is 15.0 Å². The molecular weight excluding hydrogens is 266 g/mol. The van der Waals surface area contributed by atoms with E-state index in [9.17, 15) is 0 Å². The van der Waals surface area contributed by atoms with Crippen LogP contribution in [0.15, 0.2) is 43.4 Å². The third-order valence-corrected chi connectivity index (χ3v) is 3.07. The molecule has 0 aliphatic rings. The van der Waals surface area contributed by atoms with Gasteiger partial charge in [0.05, 0.1) is 18.9 Å². The van der Waals surface area contributed by atoms with Crippen LogP contribution in [0.2, 0.25) is 0 Å². The van der Waals surface area contributed by atoms with Crippen molar-refractivity contribution >= 4 is 16.9 Å². The SMILES string of the molecule is C=CCNc1ccc(-c2nc3ncncc3[nH]2)c(OC)c1. The normalized spacial score (nSPS) is 10.5. The molecule has 0 spiro atoms. The van der Waals surface area contributed by atoms with Gasteiger partial charge in [0.25, 0.3) is 0 Å². The van der Waals surface area contributed by atoms with E-state index >= 15 is 0 Å². The summed E-state index contributed by atoms with van der Waals surface area (Å²) in [7, 11) is 1.64. The van der Waals surface area contributed by atoms with Crippen molar-refractivity contribution in [1.82, 2.24) is 19.9 Å². The fourth-order valence-electron chi connectivity index (χ4n) is 2.08. The highest BCUT2D eigenvalue weighted by atomic mass is 16.5. The molecule has 1 aromatic carbocycles. The molecule has 106 valence electrons. The standard InChI is InChI=1S/C15H15N5O/c1-3-6-17-10-4-5-11(13(7-10)21-2)14-19-12-8-16-9-18-15(12)20-14/h3-5,7-9,17H,1,6H2,2H3,(H,16,18,19,20). The van der Waals surface area contributed by atoms with Crippen molar-refractivity contribution in [2.75, 3.05) is 19.0 Å². The summed E-state index contributed by atoms with van der Waals surface area (Å²) in [5.74, 6) is 1.44. The second-order valence-corrected chi connectivity index (χ2v) is 4.43. The lowest BCUT2D eigenvalue weighted by Crippen LogP contribution is -1.98. The summed E-state index contributed by atoms with van der Waals surface area (Å²) in [4.78, 5) is 15.8. The zero-order valence-corrected chi connectivity index (χ0v) is 11.6. The van der Waals surface area contributed by atoms with E-state index in [1.807, 2.05) is 18.2 Å². The van der Waals surface area contributed by atoms with E-state index in [-0.39, 0.29) is 0 Å². The molecular formula is C15H15N5O. The Hall–Kier alpha value is -2.89.